The van der Waals surface area contributed by atoms with Crippen LogP contribution in [0.15, 0.2) is 52.8 Å². The van der Waals surface area contributed by atoms with Crippen molar-refractivity contribution in [3.63, 3.8) is 0 Å². The third-order valence-electron chi connectivity index (χ3n) is 10.2. The SMILES string of the molecule is CCCCCC/C(=N\OC(C)=O)C(=O)c1ccc2c(c1)C1(C(C)C(=O)OCC)c3cc(ccc3-2)C(/C(CCCCCC)=N/OC(C)=O)=CC1C(=O)OCC. The number of fused-ring (bicyclic) bond motifs is 4. The second-order valence-electron chi connectivity index (χ2n) is 13.9. The van der Waals surface area contributed by atoms with Crippen LogP contribution in [0, 0.1) is 11.8 Å². The molecule has 0 aromatic heterocycles. The number of rotatable bonds is 20. The molecular formula is C43H54N2O9. The molecule has 290 valence electrons. The smallest absolute Gasteiger partial charge is 0.331 e. The quantitative estimate of drug-likeness (QED) is 0.0325. The Labute approximate surface area is 318 Å². The molecule has 2 bridgehead atoms. The van der Waals surface area contributed by atoms with Crippen molar-refractivity contribution in [2.45, 2.75) is 118 Å². The van der Waals surface area contributed by atoms with E-state index in [1.807, 2.05) is 24.3 Å². The maximum Gasteiger partial charge on any atom is 0.331 e. The molecule has 2 aliphatic carbocycles. The summed E-state index contributed by atoms with van der Waals surface area (Å²) in [6.45, 7) is 12.1. The van der Waals surface area contributed by atoms with Crippen molar-refractivity contribution in [3.05, 3.63) is 64.7 Å². The second-order valence-corrected chi connectivity index (χ2v) is 13.9. The summed E-state index contributed by atoms with van der Waals surface area (Å²) >= 11 is 0. The Hall–Kier alpha value is -4.93. The topological polar surface area (TPSA) is 147 Å². The summed E-state index contributed by atoms with van der Waals surface area (Å²) in [6, 6.07) is 11.1. The van der Waals surface area contributed by atoms with Gasteiger partial charge in [-0.1, -0.05) is 99.9 Å². The number of hydrogen-bond donors (Lipinski definition) is 0. The zero-order valence-electron chi connectivity index (χ0n) is 32.8. The number of hydrogen-bond acceptors (Lipinski definition) is 11. The summed E-state index contributed by atoms with van der Waals surface area (Å²) in [5.74, 6) is -4.78. The maximum atomic E-state index is 14.5. The average Bonchev–Trinajstić information content (AvgIpc) is 3.37. The van der Waals surface area contributed by atoms with Crippen molar-refractivity contribution in [3.8, 4) is 11.1 Å². The molecule has 0 N–H and O–H groups in total. The lowest BCUT2D eigenvalue weighted by molar-refractivity contribution is -0.154. The number of Topliss-reactive ketones (excluding diaryl/α,β-unsaturated/α-hetero) is 1. The molecule has 0 heterocycles. The summed E-state index contributed by atoms with van der Waals surface area (Å²) < 4.78 is 11.4. The third kappa shape index (κ3) is 9.05. The summed E-state index contributed by atoms with van der Waals surface area (Å²) in [6.07, 6.45) is 9.87. The van der Waals surface area contributed by atoms with E-state index in [0.29, 0.717) is 41.7 Å². The molecule has 11 heteroatoms. The molecule has 0 spiro atoms. The summed E-state index contributed by atoms with van der Waals surface area (Å²) in [5, 5.41) is 8.28. The van der Waals surface area contributed by atoms with E-state index in [0.717, 1.165) is 61.6 Å². The molecular weight excluding hydrogens is 688 g/mol. The number of oxime groups is 2. The van der Waals surface area contributed by atoms with Crippen LogP contribution in [0.3, 0.4) is 0 Å². The van der Waals surface area contributed by atoms with Crippen molar-refractivity contribution >= 4 is 46.7 Å². The van der Waals surface area contributed by atoms with E-state index in [2.05, 4.69) is 24.2 Å². The number of allylic oxidation sites excluding steroid dienone is 1. The molecule has 0 saturated heterocycles. The molecule has 0 amide bonds. The zero-order valence-corrected chi connectivity index (χ0v) is 32.8. The lowest BCUT2D eigenvalue weighted by Crippen LogP contribution is -2.47. The Morgan fingerprint density at radius 2 is 1.31 bits per heavy atom. The van der Waals surface area contributed by atoms with Crippen LogP contribution in [0.25, 0.3) is 16.7 Å². The summed E-state index contributed by atoms with van der Waals surface area (Å²) in [7, 11) is 0. The lowest BCUT2D eigenvalue weighted by Gasteiger charge is -2.40. The highest BCUT2D eigenvalue weighted by Crippen LogP contribution is 2.59. The standard InChI is InChI=1S/C43H54N2O9/c1-8-12-14-16-18-38(44-53-28(6)46)34-26-37(42(50)52-11-4)43(27(5)41(49)51-10-3)35-24-30(34)20-22-32(35)33-23-21-31(25-36(33)43)40(48)39(45-54-29(7)47)19-17-15-13-9-2/h20-27,37H,8-19H2,1-7H3/b44-38+,45-39+. The van der Waals surface area contributed by atoms with Crippen LogP contribution < -0.4 is 0 Å². The van der Waals surface area contributed by atoms with Crippen LogP contribution in [-0.4, -0.2) is 54.3 Å². The molecule has 0 fully saturated rings. The zero-order chi connectivity index (χ0) is 39.4. The van der Waals surface area contributed by atoms with Crippen LogP contribution in [0.1, 0.15) is 140 Å². The van der Waals surface area contributed by atoms with E-state index in [4.69, 9.17) is 19.1 Å². The largest absolute Gasteiger partial charge is 0.466 e. The van der Waals surface area contributed by atoms with E-state index in [9.17, 15) is 24.0 Å². The van der Waals surface area contributed by atoms with Gasteiger partial charge in [0.1, 0.15) is 5.71 Å². The predicted octanol–water partition coefficient (Wildman–Crippen LogP) is 8.69. The van der Waals surface area contributed by atoms with Gasteiger partial charge in [-0.3, -0.25) is 14.4 Å². The number of benzene rings is 2. The third-order valence-corrected chi connectivity index (χ3v) is 10.2. The average molecular weight is 743 g/mol. The Balaban J connectivity index is 2.02. The number of nitrogens with zero attached hydrogens (tertiary/aromatic N) is 2. The minimum atomic E-state index is -1.39. The molecule has 3 atom stereocenters. The monoisotopic (exact) mass is 742 g/mol. The number of ether oxygens (including phenoxy) is 2. The van der Waals surface area contributed by atoms with E-state index in [-0.39, 0.29) is 24.5 Å². The van der Waals surface area contributed by atoms with Crippen LogP contribution in [0.5, 0.6) is 0 Å². The number of esters is 2. The van der Waals surface area contributed by atoms with Crippen LogP contribution in [0.4, 0.5) is 0 Å². The second kappa shape index (κ2) is 19.4. The molecule has 0 saturated carbocycles. The Morgan fingerprint density at radius 3 is 1.93 bits per heavy atom. The molecule has 2 aromatic rings. The Morgan fingerprint density at radius 1 is 0.722 bits per heavy atom. The predicted molar refractivity (Wildman–Crippen MR) is 207 cm³/mol. The minimum Gasteiger partial charge on any atom is -0.466 e. The van der Waals surface area contributed by atoms with Gasteiger partial charge in [0.25, 0.3) is 0 Å². The van der Waals surface area contributed by atoms with Crippen LogP contribution >= 0.6 is 0 Å². The van der Waals surface area contributed by atoms with Gasteiger partial charge in [-0.25, -0.2) is 9.59 Å². The molecule has 3 unspecified atom stereocenters. The highest BCUT2D eigenvalue weighted by atomic mass is 16.7. The van der Waals surface area contributed by atoms with Crippen molar-refractivity contribution in [2.75, 3.05) is 13.2 Å². The summed E-state index contributed by atoms with van der Waals surface area (Å²) in [5.41, 5.74) is 3.63. The van der Waals surface area contributed by atoms with Crippen molar-refractivity contribution in [1.82, 2.24) is 0 Å². The first kappa shape index (κ1) is 41.8. The fourth-order valence-corrected chi connectivity index (χ4v) is 7.64. The van der Waals surface area contributed by atoms with Gasteiger partial charge in [0.05, 0.1) is 36.2 Å². The number of ketones is 1. The first-order valence-corrected chi connectivity index (χ1v) is 19.3. The maximum absolute atomic E-state index is 14.5. The van der Waals surface area contributed by atoms with Gasteiger partial charge < -0.3 is 19.1 Å². The Bertz CT molecular complexity index is 1820. The normalized spacial score (nSPS) is 17.8. The van der Waals surface area contributed by atoms with Gasteiger partial charge in [0.2, 0.25) is 5.78 Å². The van der Waals surface area contributed by atoms with Crippen LogP contribution in [-0.2, 0) is 43.7 Å². The number of carbonyl (C=O) groups is 5. The van der Waals surface area contributed by atoms with Crippen molar-refractivity contribution < 1.29 is 43.1 Å². The van der Waals surface area contributed by atoms with Gasteiger partial charge in [-0.05, 0) is 79.5 Å². The molecule has 0 aliphatic heterocycles. The van der Waals surface area contributed by atoms with E-state index in [1.165, 1.54) is 13.8 Å². The van der Waals surface area contributed by atoms with E-state index >= 15 is 0 Å². The van der Waals surface area contributed by atoms with Gasteiger partial charge >= 0.3 is 23.9 Å². The van der Waals surface area contributed by atoms with Crippen molar-refractivity contribution in [2.24, 2.45) is 22.1 Å². The number of unbranched alkanes of at least 4 members (excludes halogenated alkanes) is 6. The first-order chi connectivity index (χ1) is 26.0. The summed E-state index contributed by atoms with van der Waals surface area (Å²) in [4.78, 5) is 76.6. The molecule has 11 nitrogen and oxygen atoms in total. The highest BCUT2D eigenvalue weighted by molar-refractivity contribution is 6.46. The minimum absolute atomic E-state index is 0.0810. The van der Waals surface area contributed by atoms with Gasteiger partial charge in [0, 0.05) is 25.0 Å². The van der Waals surface area contributed by atoms with E-state index < -0.39 is 46.9 Å². The van der Waals surface area contributed by atoms with Gasteiger partial charge in [0.15, 0.2) is 0 Å². The molecule has 0 radical (unpaired) electrons. The van der Waals surface area contributed by atoms with Crippen molar-refractivity contribution in [1.29, 1.82) is 0 Å². The fourth-order valence-electron chi connectivity index (χ4n) is 7.64. The van der Waals surface area contributed by atoms with E-state index in [1.54, 1.807) is 39.0 Å². The molecule has 54 heavy (non-hydrogen) atoms. The fraction of sp³-hybridized carbons (Fsp3) is 0.512. The first-order valence-electron chi connectivity index (χ1n) is 19.3. The lowest BCUT2D eigenvalue weighted by atomic mass is 9.61. The molecule has 2 aliphatic rings. The van der Waals surface area contributed by atoms with Crippen LogP contribution in [0.2, 0.25) is 0 Å². The molecule has 2 aromatic carbocycles. The van der Waals surface area contributed by atoms with Gasteiger partial charge in [-0.2, -0.15) is 0 Å². The highest BCUT2D eigenvalue weighted by Gasteiger charge is 2.58. The number of carbonyl (C=O) groups excluding carboxylic acids is 5. The van der Waals surface area contributed by atoms with Gasteiger partial charge in [-0.15, -0.1) is 0 Å². The molecule has 4 rings (SSSR count). The Kier molecular flexibility index (Phi) is 15.0.